The van der Waals surface area contributed by atoms with Gasteiger partial charge in [0, 0.05) is 36.8 Å². The predicted octanol–water partition coefficient (Wildman–Crippen LogP) is 2.30. The van der Waals surface area contributed by atoms with Gasteiger partial charge in [0.25, 0.3) is 0 Å². The molecule has 1 aliphatic heterocycles. The van der Waals surface area contributed by atoms with Gasteiger partial charge in [0.2, 0.25) is 0 Å². The monoisotopic (exact) mass is 392 g/mol. The predicted molar refractivity (Wildman–Crippen MR) is 109 cm³/mol. The number of H-pyrrole nitrogens is 1. The van der Waals surface area contributed by atoms with E-state index >= 15 is 0 Å². The number of aromatic nitrogens is 6. The van der Waals surface area contributed by atoms with E-state index in [1.807, 2.05) is 42.4 Å². The van der Waals surface area contributed by atoms with E-state index in [2.05, 4.69) is 20.3 Å². The van der Waals surface area contributed by atoms with Crippen molar-refractivity contribution in [1.82, 2.24) is 29.9 Å². The quantitative estimate of drug-likeness (QED) is 0.555. The number of rotatable bonds is 3. The first-order chi connectivity index (χ1) is 14.1. The highest BCUT2D eigenvalue weighted by molar-refractivity contribution is 5.93. The molecule has 148 valence electrons. The van der Waals surface area contributed by atoms with Crippen LogP contribution in [0.4, 0.5) is 10.2 Å². The van der Waals surface area contributed by atoms with E-state index in [0.717, 1.165) is 27.9 Å². The summed E-state index contributed by atoms with van der Waals surface area (Å²) >= 11 is 0. The van der Waals surface area contributed by atoms with E-state index in [1.54, 1.807) is 17.1 Å². The molecule has 5 heterocycles. The van der Waals surface area contributed by atoms with Crippen molar-refractivity contribution in [3.8, 4) is 22.6 Å². The summed E-state index contributed by atoms with van der Waals surface area (Å²) in [5.74, 6) is 0.706. The SMILES string of the molecule is Cn1cc(-c2cc3c(-c4cccc(N5C[C@H](N)C[C@@H](F)C5)n4)n[nH]c3cn2)cn1. The fourth-order valence-corrected chi connectivity index (χ4v) is 3.82. The van der Waals surface area contributed by atoms with Crippen molar-refractivity contribution in [2.24, 2.45) is 12.8 Å². The maximum atomic E-state index is 14.0. The average molecular weight is 392 g/mol. The Morgan fingerprint density at radius 3 is 2.90 bits per heavy atom. The highest BCUT2D eigenvalue weighted by Crippen LogP contribution is 2.29. The topological polar surface area (TPSA) is 102 Å². The minimum atomic E-state index is -0.941. The number of nitrogens with two attached hydrogens (primary N) is 1. The maximum Gasteiger partial charge on any atom is 0.129 e. The Morgan fingerprint density at radius 2 is 2.10 bits per heavy atom. The van der Waals surface area contributed by atoms with Crippen molar-refractivity contribution in [2.45, 2.75) is 18.6 Å². The summed E-state index contributed by atoms with van der Waals surface area (Å²) in [5.41, 5.74) is 10.0. The number of nitrogens with zero attached hydrogens (tertiary/aromatic N) is 6. The highest BCUT2D eigenvalue weighted by atomic mass is 19.1. The number of alkyl halides is 1. The molecule has 29 heavy (non-hydrogen) atoms. The van der Waals surface area contributed by atoms with Crippen LogP contribution in [0.1, 0.15) is 6.42 Å². The van der Waals surface area contributed by atoms with Gasteiger partial charge in [-0.05, 0) is 24.6 Å². The molecular weight excluding hydrogens is 371 g/mol. The minimum Gasteiger partial charge on any atom is -0.352 e. The molecule has 1 fully saturated rings. The van der Waals surface area contributed by atoms with Gasteiger partial charge in [-0.2, -0.15) is 10.2 Å². The summed E-state index contributed by atoms with van der Waals surface area (Å²) < 4.78 is 15.7. The van der Waals surface area contributed by atoms with Crippen molar-refractivity contribution in [2.75, 3.05) is 18.0 Å². The van der Waals surface area contributed by atoms with Crippen LogP contribution in [0.5, 0.6) is 0 Å². The number of fused-ring (bicyclic) bond motifs is 1. The van der Waals surface area contributed by atoms with E-state index in [1.165, 1.54) is 0 Å². The zero-order chi connectivity index (χ0) is 20.0. The Morgan fingerprint density at radius 1 is 1.21 bits per heavy atom. The van der Waals surface area contributed by atoms with Gasteiger partial charge in [-0.15, -0.1) is 0 Å². The molecule has 0 bridgehead atoms. The average Bonchev–Trinajstić information content (AvgIpc) is 3.33. The summed E-state index contributed by atoms with van der Waals surface area (Å²) in [4.78, 5) is 11.1. The lowest BCUT2D eigenvalue weighted by Crippen LogP contribution is -2.48. The Bertz CT molecular complexity index is 1160. The zero-order valence-electron chi connectivity index (χ0n) is 16.0. The lowest BCUT2D eigenvalue weighted by atomic mass is 10.1. The van der Waals surface area contributed by atoms with Crippen LogP contribution >= 0.6 is 0 Å². The zero-order valence-corrected chi connectivity index (χ0v) is 16.0. The maximum absolute atomic E-state index is 14.0. The molecule has 8 nitrogen and oxygen atoms in total. The third-order valence-electron chi connectivity index (χ3n) is 5.18. The molecule has 4 aromatic heterocycles. The van der Waals surface area contributed by atoms with Gasteiger partial charge in [-0.1, -0.05) is 6.07 Å². The van der Waals surface area contributed by atoms with E-state index in [4.69, 9.17) is 10.7 Å². The molecule has 2 atom stereocenters. The van der Waals surface area contributed by atoms with Crippen LogP contribution in [0.25, 0.3) is 33.5 Å². The van der Waals surface area contributed by atoms with Crippen LogP contribution in [0.3, 0.4) is 0 Å². The van der Waals surface area contributed by atoms with Gasteiger partial charge in [0.05, 0.1) is 35.8 Å². The van der Waals surface area contributed by atoms with Crippen LogP contribution in [0, 0.1) is 0 Å². The van der Waals surface area contributed by atoms with Gasteiger partial charge in [0.15, 0.2) is 0 Å². The number of anilines is 1. The van der Waals surface area contributed by atoms with Crippen LogP contribution in [0.15, 0.2) is 42.9 Å². The summed E-state index contributed by atoms with van der Waals surface area (Å²) in [5, 5.41) is 12.6. The van der Waals surface area contributed by atoms with Crippen molar-refractivity contribution in [3.05, 3.63) is 42.9 Å². The second-order valence-electron chi connectivity index (χ2n) is 7.47. The number of hydrogen-bond donors (Lipinski definition) is 2. The van der Waals surface area contributed by atoms with E-state index < -0.39 is 6.17 Å². The molecule has 3 N–H and O–H groups in total. The van der Waals surface area contributed by atoms with Crippen LogP contribution < -0.4 is 10.6 Å². The molecule has 0 unspecified atom stereocenters. The number of aryl methyl sites for hydroxylation is 1. The second-order valence-corrected chi connectivity index (χ2v) is 7.47. The van der Waals surface area contributed by atoms with Gasteiger partial charge in [-0.25, -0.2) is 9.37 Å². The van der Waals surface area contributed by atoms with Gasteiger partial charge < -0.3 is 10.6 Å². The first kappa shape index (κ1) is 17.7. The van der Waals surface area contributed by atoms with Crippen LogP contribution in [-0.4, -0.2) is 55.2 Å². The Labute approximate surface area is 166 Å². The van der Waals surface area contributed by atoms with Crippen molar-refractivity contribution >= 4 is 16.7 Å². The van der Waals surface area contributed by atoms with E-state index in [-0.39, 0.29) is 6.04 Å². The van der Waals surface area contributed by atoms with Crippen molar-refractivity contribution < 1.29 is 4.39 Å². The third kappa shape index (κ3) is 3.33. The molecule has 4 aromatic rings. The summed E-state index contributed by atoms with van der Waals surface area (Å²) in [6.07, 6.45) is 4.91. The number of piperidine rings is 1. The molecule has 1 saturated heterocycles. The summed E-state index contributed by atoms with van der Waals surface area (Å²) in [7, 11) is 1.87. The molecule has 0 aromatic carbocycles. The highest BCUT2D eigenvalue weighted by Gasteiger charge is 2.26. The molecule has 0 radical (unpaired) electrons. The number of nitrogens with one attached hydrogen (secondary N) is 1. The summed E-state index contributed by atoms with van der Waals surface area (Å²) in [6.45, 7) is 0.897. The lowest BCUT2D eigenvalue weighted by Gasteiger charge is -2.33. The van der Waals surface area contributed by atoms with Crippen molar-refractivity contribution in [1.29, 1.82) is 0 Å². The number of halogens is 1. The largest absolute Gasteiger partial charge is 0.352 e. The smallest absolute Gasteiger partial charge is 0.129 e. The first-order valence-electron chi connectivity index (χ1n) is 9.52. The Hall–Kier alpha value is -3.33. The molecule has 1 aliphatic rings. The third-order valence-corrected chi connectivity index (χ3v) is 5.18. The Balaban J connectivity index is 1.54. The summed E-state index contributed by atoms with van der Waals surface area (Å²) in [6, 6.07) is 7.48. The molecule has 5 rings (SSSR count). The second kappa shape index (κ2) is 6.93. The van der Waals surface area contributed by atoms with E-state index in [9.17, 15) is 4.39 Å². The van der Waals surface area contributed by atoms with Crippen molar-refractivity contribution in [3.63, 3.8) is 0 Å². The number of hydrogen-bond acceptors (Lipinski definition) is 6. The lowest BCUT2D eigenvalue weighted by molar-refractivity contribution is 0.268. The van der Waals surface area contributed by atoms with Gasteiger partial charge >= 0.3 is 0 Å². The van der Waals surface area contributed by atoms with Crippen LogP contribution in [-0.2, 0) is 7.05 Å². The Kier molecular flexibility index (Phi) is 4.24. The van der Waals surface area contributed by atoms with Crippen LogP contribution in [0.2, 0.25) is 0 Å². The minimum absolute atomic E-state index is 0.191. The first-order valence-corrected chi connectivity index (χ1v) is 9.52. The standard InChI is InChI=1S/C20H21FN8/c1-28-9-12(7-24-28)17-6-15-18(8-23-17)26-27-20(15)16-3-2-4-19(25-16)29-10-13(21)5-14(22)11-29/h2-4,6-9,13-14H,5,10-11,22H2,1H3,(H,26,27)/t13-,14-/m1/s1. The number of pyridine rings is 2. The van der Waals surface area contributed by atoms with Gasteiger partial charge in [-0.3, -0.25) is 14.8 Å². The van der Waals surface area contributed by atoms with Gasteiger partial charge in [0.1, 0.15) is 17.7 Å². The molecule has 0 amide bonds. The molecule has 0 saturated carbocycles. The van der Waals surface area contributed by atoms with E-state index in [0.29, 0.717) is 31.0 Å². The molecule has 0 spiro atoms. The molecule has 9 heteroatoms. The normalized spacial score (nSPS) is 19.8. The fourth-order valence-electron chi connectivity index (χ4n) is 3.82. The fraction of sp³-hybridized carbons (Fsp3) is 0.300. The molecular formula is C20H21FN8. The molecule has 0 aliphatic carbocycles. The number of aromatic amines is 1.